The Kier molecular flexibility index (Phi) is 5.45. The first-order valence-corrected chi connectivity index (χ1v) is 7.57. The minimum atomic E-state index is 0.448. The van der Waals surface area contributed by atoms with E-state index in [9.17, 15) is 0 Å². The fourth-order valence-corrected chi connectivity index (χ4v) is 2.15. The minimum Gasteiger partial charge on any atom is -0.485 e. The van der Waals surface area contributed by atoms with Gasteiger partial charge in [-0.15, -0.1) is 0 Å². The average molecular weight is 287 g/mol. The van der Waals surface area contributed by atoms with E-state index in [1.54, 1.807) is 6.26 Å². The van der Waals surface area contributed by atoms with Gasteiger partial charge in [-0.2, -0.15) is 0 Å². The van der Waals surface area contributed by atoms with Crippen LogP contribution in [0.5, 0.6) is 5.75 Å². The molecule has 3 heteroatoms. The molecular formula is C18H25NO2. The molecule has 2 aromatic rings. The molecule has 0 atom stereocenters. The lowest BCUT2D eigenvalue weighted by atomic mass is 10.0. The number of nitrogens with one attached hydrogen (secondary N) is 1. The van der Waals surface area contributed by atoms with Gasteiger partial charge in [0.1, 0.15) is 18.1 Å². The summed E-state index contributed by atoms with van der Waals surface area (Å²) in [4.78, 5) is 0. The number of hydrogen-bond acceptors (Lipinski definition) is 3. The largest absolute Gasteiger partial charge is 0.485 e. The number of hydrogen-bond donors (Lipinski definition) is 1. The Hall–Kier alpha value is -1.74. The van der Waals surface area contributed by atoms with Crippen molar-refractivity contribution >= 4 is 0 Å². The molecule has 1 aromatic heterocycles. The van der Waals surface area contributed by atoms with Gasteiger partial charge in [-0.25, -0.2) is 0 Å². The van der Waals surface area contributed by atoms with Gasteiger partial charge in [-0.3, -0.25) is 0 Å². The van der Waals surface area contributed by atoms with E-state index in [4.69, 9.17) is 9.15 Å². The standard InChI is InChI=1S/C18H25NO2/c1-13(2)17-7-5-6-8-18(17)21-12-16-9-15(11-20-16)10-19-14(3)4/h5-9,11,13-14,19H,10,12H2,1-4H3. The molecule has 0 aliphatic heterocycles. The lowest BCUT2D eigenvalue weighted by molar-refractivity contribution is 0.267. The van der Waals surface area contributed by atoms with Crippen LogP contribution in [0.15, 0.2) is 41.0 Å². The van der Waals surface area contributed by atoms with E-state index in [0.29, 0.717) is 18.6 Å². The van der Waals surface area contributed by atoms with Gasteiger partial charge in [0.25, 0.3) is 0 Å². The summed E-state index contributed by atoms with van der Waals surface area (Å²) in [7, 11) is 0. The zero-order valence-electron chi connectivity index (χ0n) is 13.3. The van der Waals surface area contributed by atoms with Crippen LogP contribution < -0.4 is 10.1 Å². The van der Waals surface area contributed by atoms with Gasteiger partial charge in [-0.05, 0) is 23.6 Å². The summed E-state index contributed by atoms with van der Waals surface area (Å²) >= 11 is 0. The fourth-order valence-electron chi connectivity index (χ4n) is 2.15. The summed E-state index contributed by atoms with van der Waals surface area (Å²) in [5.41, 5.74) is 2.38. The van der Waals surface area contributed by atoms with E-state index in [1.807, 2.05) is 24.3 Å². The van der Waals surface area contributed by atoms with Crippen LogP contribution in [0.3, 0.4) is 0 Å². The van der Waals surface area contributed by atoms with E-state index in [1.165, 1.54) is 5.56 Å². The molecule has 0 fully saturated rings. The van der Waals surface area contributed by atoms with Crippen LogP contribution in [0, 0.1) is 0 Å². The highest BCUT2D eigenvalue weighted by Crippen LogP contribution is 2.26. The Morgan fingerprint density at radius 3 is 2.62 bits per heavy atom. The van der Waals surface area contributed by atoms with E-state index in [-0.39, 0.29) is 0 Å². The van der Waals surface area contributed by atoms with Crippen molar-refractivity contribution in [2.45, 2.75) is 52.8 Å². The fraction of sp³-hybridized carbons (Fsp3) is 0.444. The van der Waals surface area contributed by atoms with Crippen molar-refractivity contribution in [3.05, 3.63) is 53.5 Å². The van der Waals surface area contributed by atoms with E-state index in [0.717, 1.165) is 23.6 Å². The second kappa shape index (κ2) is 7.32. The van der Waals surface area contributed by atoms with Gasteiger partial charge >= 0.3 is 0 Å². The van der Waals surface area contributed by atoms with E-state index in [2.05, 4.69) is 39.1 Å². The van der Waals surface area contributed by atoms with Crippen LogP contribution in [0.4, 0.5) is 0 Å². The molecule has 1 aromatic carbocycles. The highest BCUT2D eigenvalue weighted by atomic mass is 16.5. The van der Waals surface area contributed by atoms with Gasteiger partial charge in [0.05, 0.1) is 6.26 Å². The maximum Gasteiger partial charge on any atom is 0.146 e. The molecule has 0 saturated heterocycles. The van der Waals surface area contributed by atoms with Gasteiger partial charge in [0.2, 0.25) is 0 Å². The highest BCUT2D eigenvalue weighted by Gasteiger charge is 2.08. The highest BCUT2D eigenvalue weighted by molar-refractivity contribution is 5.35. The average Bonchev–Trinajstić information content (AvgIpc) is 2.91. The maximum atomic E-state index is 5.91. The molecule has 21 heavy (non-hydrogen) atoms. The van der Waals surface area contributed by atoms with Crippen molar-refractivity contribution in [1.29, 1.82) is 0 Å². The lowest BCUT2D eigenvalue weighted by Gasteiger charge is -2.12. The summed E-state index contributed by atoms with van der Waals surface area (Å²) in [6.45, 7) is 9.89. The third-order valence-electron chi connectivity index (χ3n) is 3.33. The topological polar surface area (TPSA) is 34.4 Å². The van der Waals surface area contributed by atoms with Crippen LogP contribution in [-0.4, -0.2) is 6.04 Å². The summed E-state index contributed by atoms with van der Waals surface area (Å²) in [5, 5.41) is 3.37. The Morgan fingerprint density at radius 1 is 1.14 bits per heavy atom. The first-order valence-electron chi connectivity index (χ1n) is 7.57. The summed E-state index contributed by atoms with van der Waals surface area (Å²) in [6, 6.07) is 10.7. The van der Waals surface area contributed by atoms with Crippen LogP contribution in [0.1, 0.15) is 50.5 Å². The zero-order chi connectivity index (χ0) is 15.2. The third-order valence-corrected chi connectivity index (χ3v) is 3.33. The Morgan fingerprint density at radius 2 is 1.90 bits per heavy atom. The molecule has 0 unspecified atom stereocenters. The van der Waals surface area contributed by atoms with E-state index < -0.39 is 0 Å². The first-order chi connectivity index (χ1) is 10.1. The van der Waals surface area contributed by atoms with Crippen molar-refractivity contribution in [3.63, 3.8) is 0 Å². The third kappa shape index (κ3) is 4.64. The molecule has 0 spiro atoms. The summed E-state index contributed by atoms with van der Waals surface area (Å²) in [5.74, 6) is 2.24. The number of para-hydroxylation sites is 1. The molecule has 0 aliphatic rings. The smallest absolute Gasteiger partial charge is 0.146 e. The lowest BCUT2D eigenvalue weighted by Crippen LogP contribution is -2.21. The van der Waals surface area contributed by atoms with Crippen molar-refractivity contribution in [1.82, 2.24) is 5.32 Å². The van der Waals surface area contributed by atoms with Crippen LogP contribution in [-0.2, 0) is 13.2 Å². The monoisotopic (exact) mass is 287 g/mol. The number of furan rings is 1. The number of rotatable bonds is 7. The van der Waals surface area contributed by atoms with Crippen molar-refractivity contribution in [3.8, 4) is 5.75 Å². The molecule has 0 bridgehead atoms. The van der Waals surface area contributed by atoms with E-state index >= 15 is 0 Å². The number of ether oxygens (including phenoxy) is 1. The second-order valence-corrected chi connectivity index (χ2v) is 5.94. The van der Waals surface area contributed by atoms with Crippen molar-refractivity contribution in [2.24, 2.45) is 0 Å². The normalized spacial score (nSPS) is 11.3. The van der Waals surface area contributed by atoms with Gasteiger partial charge in [-0.1, -0.05) is 45.9 Å². The Bertz CT molecular complexity index is 558. The first kappa shape index (κ1) is 15.6. The van der Waals surface area contributed by atoms with Crippen LogP contribution in [0.25, 0.3) is 0 Å². The molecule has 2 rings (SSSR count). The maximum absolute atomic E-state index is 5.91. The second-order valence-electron chi connectivity index (χ2n) is 5.94. The molecule has 0 aliphatic carbocycles. The molecule has 0 amide bonds. The summed E-state index contributed by atoms with van der Waals surface area (Å²) < 4.78 is 11.5. The van der Waals surface area contributed by atoms with Crippen molar-refractivity contribution in [2.75, 3.05) is 0 Å². The molecule has 114 valence electrons. The molecular weight excluding hydrogens is 262 g/mol. The Balaban J connectivity index is 1.94. The SMILES string of the molecule is CC(C)NCc1coc(COc2ccccc2C(C)C)c1. The molecule has 0 radical (unpaired) electrons. The predicted octanol–water partition coefficient (Wildman–Crippen LogP) is 4.48. The van der Waals surface area contributed by atoms with Crippen LogP contribution in [0.2, 0.25) is 0 Å². The van der Waals surface area contributed by atoms with Gasteiger partial charge < -0.3 is 14.5 Å². The summed E-state index contributed by atoms with van der Waals surface area (Å²) in [6.07, 6.45) is 1.79. The number of benzene rings is 1. The van der Waals surface area contributed by atoms with Crippen LogP contribution >= 0.6 is 0 Å². The molecule has 1 N–H and O–H groups in total. The minimum absolute atomic E-state index is 0.448. The molecule has 0 saturated carbocycles. The molecule has 1 heterocycles. The molecule has 3 nitrogen and oxygen atoms in total. The zero-order valence-corrected chi connectivity index (χ0v) is 13.3. The van der Waals surface area contributed by atoms with Crippen molar-refractivity contribution < 1.29 is 9.15 Å². The Labute approximate surface area is 127 Å². The predicted molar refractivity (Wildman–Crippen MR) is 85.5 cm³/mol. The van der Waals surface area contributed by atoms with Gasteiger partial charge in [0, 0.05) is 18.2 Å². The quantitative estimate of drug-likeness (QED) is 0.815. The van der Waals surface area contributed by atoms with Gasteiger partial charge in [0.15, 0.2) is 0 Å².